The topological polar surface area (TPSA) is 0 Å². The van der Waals surface area contributed by atoms with Crippen LogP contribution >= 0.6 is 24.8 Å². The summed E-state index contributed by atoms with van der Waals surface area (Å²) >= 11 is 1.46. The van der Waals surface area contributed by atoms with Crippen LogP contribution in [-0.4, -0.2) is 3.21 Å². The van der Waals surface area contributed by atoms with Crippen LogP contribution in [0, 0.1) is 23.5 Å². The summed E-state index contributed by atoms with van der Waals surface area (Å²) in [5.74, 6) is 0.522. The van der Waals surface area contributed by atoms with Crippen molar-refractivity contribution in [2.45, 2.75) is 86.5 Å². The van der Waals surface area contributed by atoms with Crippen LogP contribution in [0.15, 0.2) is 109 Å². The third-order valence-electron chi connectivity index (χ3n) is 8.45. The van der Waals surface area contributed by atoms with Crippen molar-refractivity contribution in [1.29, 1.82) is 0 Å². The number of hydrogen-bond donors (Lipinski definition) is 0. The standard InChI is InChI=1S/C21H25.C13H10.C10H15.2ClH.Zr/c1-20(2,3)16-9-7-14-11-15-8-10-17(21(4,5)6)13-19(15)18(14)12-16;1-3-7-12(8-4-1)11-13-9-5-2-6-10-13;1-8-5-6-9(7-8)10(2,3)4;;;/h7,9-10,12-13H,11H2,1-6H3;1-10H;6-8H,1-4H3;2*1H;/q-1;;-1;;;+2. The zero-order valence-corrected chi connectivity index (χ0v) is 34.0. The Kier molecular flexibility index (Phi) is 14.7. The third kappa shape index (κ3) is 11.1. The molecule has 0 fully saturated rings. The molecule has 1 atom stereocenters. The Balaban J connectivity index is 0.000000258. The molecule has 0 aliphatic heterocycles. The Morgan fingerprint density at radius 2 is 1.17 bits per heavy atom. The van der Waals surface area contributed by atoms with Gasteiger partial charge in [0.25, 0.3) is 0 Å². The zero-order chi connectivity index (χ0) is 33.0. The first-order valence-electron chi connectivity index (χ1n) is 16.2. The first kappa shape index (κ1) is 40.9. The van der Waals surface area contributed by atoms with Gasteiger partial charge in [0, 0.05) is 0 Å². The Morgan fingerprint density at radius 3 is 1.60 bits per heavy atom. The summed E-state index contributed by atoms with van der Waals surface area (Å²) in [6.07, 6.45) is 8.68. The molecule has 0 radical (unpaired) electrons. The van der Waals surface area contributed by atoms with E-state index < -0.39 is 0 Å². The van der Waals surface area contributed by atoms with E-state index in [4.69, 9.17) is 0 Å². The molecule has 0 saturated heterocycles. The van der Waals surface area contributed by atoms with Crippen LogP contribution in [0.2, 0.25) is 0 Å². The maximum absolute atomic E-state index is 3.53. The van der Waals surface area contributed by atoms with Crippen LogP contribution in [-0.2, 0) is 41.5 Å². The van der Waals surface area contributed by atoms with Gasteiger partial charge in [0.15, 0.2) is 0 Å². The summed E-state index contributed by atoms with van der Waals surface area (Å²) in [6.45, 7) is 22.5. The van der Waals surface area contributed by atoms with E-state index in [2.05, 4.69) is 185 Å². The number of fused-ring (bicyclic) bond motifs is 3. The molecule has 0 amide bonds. The van der Waals surface area contributed by atoms with Gasteiger partial charge >= 0.3 is 99.2 Å². The quantitative estimate of drug-likeness (QED) is 0.158. The molecule has 2 aliphatic rings. The summed E-state index contributed by atoms with van der Waals surface area (Å²) in [6, 6.07) is 36.2. The molecule has 3 heteroatoms. The number of hydrogen-bond acceptors (Lipinski definition) is 0. The van der Waals surface area contributed by atoms with Crippen molar-refractivity contribution in [3.05, 3.63) is 154 Å². The summed E-state index contributed by atoms with van der Waals surface area (Å²) in [5, 5.41) is 0. The average molecular weight is 743 g/mol. The first-order chi connectivity index (χ1) is 21.0. The van der Waals surface area contributed by atoms with E-state index in [0.717, 1.165) is 6.42 Å². The van der Waals surface area contributed by atoms with Gasteiger partial charge in [-0.15, -0.1) is 30.4 Å². The van der Waals surface area contributed by atoms with E-state index in [0.29, 0.717) is 11.3 Å². The molecule has 0 bridgehead atoms. The zero-order valence-electron chi connectivity index (χ0n) is 29.9. The van der Waals surface area contributed by atoms with Gasteiger partial charge in [0.05, 0.1) is 0 Å². The van der Waals surface area contributed by atoms with Crippen molar-refractivity contribution >= 4 is 28.0 Å². The van der Waals surface area contributed by atoms with E-state index in [-0.39, 0.29) is 35.6 Å². The molecule has 0 nitrogen and oxygen atoms in total. The van der Waals surface area contributed by atoms with Gasteiger partial charge in [-0.3, -0.25) is 6.08 Å². The molecular weight excluding hydrogens is 691 g/mol. The van der Waals surface area contributed by atoms with E-state index in [1.807, 2.05) is 0 Å². The van der Waals surface area contributed by atoms with E-state index in [1.54, 1.807) is 0 Å². The van der Waals surface area contributed by atoms with Crippen molar-refractivity contribution in [3.63, 3.8) is 0 Å². The minimum absolute atomic E-state index is 0. The number of allylic oxidation sites excluding steroid dienone is 4. The van der Waals surface area contributed by atoms with Crippen LogP contribution < -0.4 is 0 Å². The van der Waals surface area contributed by atoms with Gasteiger partial charge in [0.2, 0.25) is 0 Å². The Morgan fingerprint density at radius 1 is 0.660 bits per heavy atom. The monoisotopic (exact) mass is 740 g/mol. The van der Waals surface area contributed by atoms with E-state index in [1.165, 1.54) is 77.5 Å². The summed E-state index contributed by atoms with van der Waals surface area (Å²) < 4.78 is 1.42. The van der Waals surface area contributed by atoms with Gasteiger partial charge in [0.1, 0.15) is 0 Å². The summed E-state index contributed by atoms with van der Waals surface area (Å²) in [4.78, 5) is 0. The van der Waals surface area contributed by atoms with Crippen LogP contribution in [0.3, 0.4) is 0 Å². The van der Waals surface area contributed by atoms with Gasteiger partial charge in [-0.25, -0.2) is 6.08 Å². The SMILES string of the molecule is CC(C)(C)c1c[c-]c2c(c1)-c1cc(C(C)(C)C)ccc1C2.CC1[C-]=CC(C(C)(C)C)=C1.Cl.Cl.[Zr+2]=[C](c1ccccc1)c1ccccc1. The van der Waals surface area contributed by atoms with Gasteiger partial charge < -0.3 is 0 Å². The molecule has 0 heterocycles. The fourth-order valence-corrected chi connectivity index (χ4v) is 6.23. The second-order valence-corrected chi connectivity index (χ2v) is 16.6. The molecule has 0 saturated carbocycles. The Labute approximate surface area is 313 Å². The van der Waals surface area contributed by atoms with Gasteiger partial charge in [-0.1, -0.05) is 115 Å². The van der Waals surface area contributed by atoms with Crippen LogP contribution in [0.1, 0.15) is 103 Å². The number of benzene rings is 4. The minimum atomic E-state index is 0. The average Bonchev–Trinajstić information content (AvgIpc) is 3.60. The van der Waals surface area contributed by atoms with Crippen molar-refractivity contribution < 1.29 is 24.2 Å². The van der Waals surface area contributed by atoms with Gasteiger partial charge in [-0.2, -0.15) is 41.0 Å². The van der Waals surface area contributed by atoms with E-state index >= 15 is 0 Å². The molecule has 246 valence electrons. The molecule has 2 aliphatic carbocycles. The molecular formula is C44H52Cl2Zr. The first-order valence-corrected chi connectivity index (χ1v) is 17.5. The maximum atomic E-state index is 3.53. The second-order valence-electron chi connectivity index (χ2n) is 15.4. The fourth-order valence-electron chi connectivity index (χ4n) is 5.41. The van der Waals surface area contributed by atoms with Crippen LogP contribution in [0.25, 0.3) is 11.1 Å². The molecule has 4 aromatic rings. The van der Waals surface area contributed by atoms with Crippen molar-refractivity contribution in [3.8, 4) is 11.1 Å². The number of rotatable bonds is 2. The summed E-state index contributed by atoms with van der Waals surface area (Å²) in [7, 11) is 0. The van der Waals surface area contributed by atoms with Crippen molar-refractivity contribution in [2.24, 2.45) is 11.3 Å². The van der Waals surface area contributed by atoms with Crippen LogP contribution in [0.5, 0.6) is 0 Å². The predicted octanol–water partition coefficient (Wildman–Crippen LogP) is 12.3. The normalized spacial score (nSPS) is 14.6. The number of halogens is 2. The van der Waals surface area contributed by atoms with Gasteiger partial charge in [-0.05, 0) is 17.4 Å². The Bertz CT molecular complexity index is 1570. The second kappa shape index (κ2) is 16.9. The summed E-state index contributed by atoms with van der Waals surface area (Å²) in [5.41, 5.74) is 13.1. The predicted molar refractivity (Wildman–Crippen MR) is 206 cm³/mol. The van der Waals surface area contributed by atoms with Crippen LogP contribution in [0.4, 0.5) is 0 Å². The molecule has 4 aromatic carbocycles. The molecule has 6 rings (SSSR count). The Hall–Kier alpha value is -2.31. The van der Waals surface area contributed by atoms with Crippen molar-refractivity contribution in [1.82, 2.24) is 0 Å². The molecule has 0 aromatic heterocycles. The third-order valence-corrected chi connectivity index (χ3v) is 9.87. The molecule has 1 unspecified atom stereocenters. The van der Waals surface area contributed by atoms with Crippen molar-refractivity contribution in [2.75, 3.05) is 0 Å². The molecule has 47 heavy (non-hydrogen) atoms. The molecule has 0 spiro atoms. The molecule has 0 N–H and O–H groups in total. The van der Waals surface area contributed by atoms with E-state index in [9.17, 15) is 0 Å². The fraction of sp³-hybridized carbons (Fsp3) is 0.341.